The fourth-order valence-electron chi connectivity index (χ4n) is 2.99. The van der Waals surface area contributed by atoms with Crippen LogP contribution in [-0.2, 0) is 9.47 Å². The molecule has 1 saturated heterocycles. The second-order valence-corrected chi connectivity index (χ2v) is 8.17. The Morgan fingerprint density at radius 1 is 1.32 bits per heavy atom. The van der Waals surface area contributed by atoms with Gasteiger partial charge < -0.3 is 14.8 Å². The van der Waals surface area contributed by atoms with Gasteiger partial charge in [-0.3, -0.25) is 0 Å². The van der Waals surface area contributed by atoms with Crippen LogP contribution in [-0.4, -0.2) is 30.8 Å². The van der Waals surface area contributed by atoms with Gasteiger partial charge in [0.25, 0.3) is 0 Å². The molecule has 0 spiro atoms. The van der Waals surface area contributed by atoms with Crippen molar-refractivity contribution >= 4 is 22.3 Å². The first-order chi connectivity index (χ1) is 12.1. The molecule has 1 aromatic heterocycles. The number of thiophene rings is 1. The van der Waals surface area contributed by atoms with Crippen molar-refractivity contribution in [2.75, 3.05) is 18.5 Å². The number of hydrogen-bond acceptors (Lipinski definition) is 5. The first-order valence-electron chi connectivity index (χ1n) is 8.90. The Morgan fingerprint density at radius 3 is 2.80 bits per heavy atom. The van der Waals surface area contributed by atoms with E-state index >= 15 is 0 Å². The highest BCUT2D eigenvalue weighted by atomic mass is 32.1. The van der Waals surface area contributed by atoms with E-state index in [-0.39, 0.29) is 17.6 Å². The minimum atomic E-state index is -0.267. The monoisotopic (exact) mass is 357 g/mol. The standard InChI is InChI=1S/C20H23NO3S/c1-20(9-10-20)24-19(22)16-12-17(14-6-3-2-4-7-14)25-18(16)21-15-8-5-11-23-13-15/h2-4,6-7,12,15,21H,5,8-11,13H2,1H3. The Balaban J connectivity index is 1.61. The average Bonchev–Trinajstić information content (AvgIpc) is 3.20. The van der Waals surface area contributed by atoms with Gasteiger partial charge in [-0.15, -0.1) is 11.3 Å². The van der Waals surface area contributed by atoms with Crippen LogP contribution < -0.4 is 5.32 Å². The van der Waals surface area contributed by atoms with Gasteiger partial charge in [0.05, 0.1) is 18.2 Å². The number of hydrogen-bond donors (Lipinski definition) is 1. The molecule has 2 aromatic rings. The number of carbonyl (C=O) groups excluding carboxylic acids is 1. The number of ether oxygens (including phenoxy) is 2. The number of carbonyl (C=O) groups is 1. The Bertz CT molecular complexity index is 746. The number of esters is 1. The normalized spacial score (nSPS) is 21.6. The topological polar surface area (TPSA) is 47.6 Å². The molecule has 0 radical (unpaired) electrons. The molecule has 1 atom stereocenters. The second-order valence-electron chi connectivity index (χ2n) is 7.12. The Labute approximate surface area is 152 Å². The quantitative estimate of drug-likeness (QED) is 0.787. The highest BCUT2D eigenvalue weighted by Crippen LogP contribution is 2.42. The van der Waals surface area contributed by atoms with Gasteiger partial charge in [0.1, 0.15) is 10.6 Å². The molecule has 1 saturated carbocycles. The molecule has 4 rings (SSSR count). The van der Waals surface area contributed by atoms with Gasteiger partial charge >= 0.3 is 5.97 Å². The van der Waals surface area contributed by atoms with E-state index in [9.17, 15) is 4.79 Å². The molecule has 1 aromatic carbocycles. The van der Waals surface area contributed by atoms with Crippen molar-refractivity contribution in [2.24, 2.45) is 0 Å². The molecular weight excluding hydrogens is 334 g/mol. The zero-order valence-electron chi connectivity index (χ0n) is 14.4. The largest absolute Gasteiger partial charge is 0.456 e. The summed E-state index contributed by atoms with van der Waals surface area (Å²) in [4.78, 5) is 13.8. The smallest absolute Gasteiger partial charge is 0.341 e. The molecule has 1 aliphatic carbocycles. The summed E-state index contributed by atoms with van der Waals surface area (Å²) in [6.07, 6.45) is 4.01. The zero-order valence-corrected chi connectivity index (χ0v) is 15.2. The number of anilines is 1. The SMILES string of the molecule is CC1(OC(=O)c2cc(-c3ccccc3)sc2NC2CCCOC2)CC1. The first kappa shape index (κ1) is 16.6. The van der Waals surface area contributed by atoms with Gasteiger partial charge in [0.15, 0.2) is 0 Å². The highest BCUT2D eigenvalue weighted by Gasteiger charge is 2.42. The van der Waals surface area contributed by atoms with Gasteiger partial charge in [0, 0.05) is 11.5 Å². The predicted octanol–water partition coefficient (Wildman–Crippen LogP) is 4.72. The zero-order chi connectivity index (χ0) is 17.3. The van der Waals surface area contributed by atoms with Gasteiger partial charge in [-0.2, -0.15) is 0 Å². The van der Waals surface area contributed by atoms with E-state index in [1.54, 1.807) is 11.3 Å². The van der Waals surface area contributed by atoms with Crippen LogP contribution in [0.2, 0.25) is 0 Å². The third-order valence-corrected chi connectivity index (χ3v) is 5.91. The van der Waals surface area contributed by atoms with E-state index in [1.807, 2.05) is 31.2 Å². The predicted molar refractivity (Wildman–Crippen MR) is 100 cm³/mol. The Hall–Kier alpha value is -1.85. The van der Waals surface area contributed by atoms with Crippen molar-refractivity contribution in [3.05, 3.63) is 42.0 Å². The molecule has 1 aliphatic heterocycles. The summed E-state index contributed by atoms with van der Waals surface area (Å²) >= 11 is 1.61. The fourth-order valence-corrected chi connectivity index (χ4v) is 4.12. The third-order valence-electron chi connectivity index (χ3n) is 4.80. The van der Waals surface area contributed by atoms with Crippen molar-refractivity contribution in [1.82, 2.24) is 0 Å². The molecule has 1 N–H and O–H groups in total. The minimum absolute atomic E-state index is 0.224. The molecule has 2 fully saturated rings. The lowest BCUT2D eigenvalue weighted by atomic mass is 10.1. The molecule has 2 aliphatic rings. The maximum atomic E-state index is 12.7. The Kier molecular flexibility index (Phi) is 4.52. The fraction of sp³-hybridized carbons (Fsp3) is 0.450. The molecule has 0 bridgehead atoms. The third kappa shape index (κ3) is 3.88. The summed E-state index contributed by atoms with van der Waals surface area (Å²) in [6.45, 7) is 3.51. The minimum Gasteiger partial charge on any atom is -0.456 e. The highest BCUT2D eigenvalue weighted by molar-refractivity contribution is 7.19. The lowest BCUT2D eigenvalue weighted by molar-refractivity contribution is 0.0278. The molecule has 1 unspecified atom stereocenters. The molecular formula is C20H23NO3S. The van der Waals surface area contributed by atoms with Crippen molar-refractivity contribution in [3.8, 4) is 10.4 Å². The van der Waals surface area contributed by atoms with Crippen LogP contribution >= 0.6 is 11.3 Å². The van der Waals surface area contributed by atoms with Crippen molar-refractivity contribution in [3.63, 3.8) is 0 Å². The van der Waals surface area contributed by atoms with Crippen molar-refractivity contribution < 1.29 is 14.3 Å². The molecule has 2 heterocycles. The van der Waals surface area contributed by atoms with E-state index in [2.05, 4.69) is 17.4 Å². The number of nitrogens with one attached hydrogen (secondary N) is 1. The van der Waals surface area contributed by atoms with E-state index in [0.29, 0.717) is 12.2 Å². The summed E-state index contributed by atoms with van der Waals surface area (Å²) in [5, 5.41) is 4.41. The van der Waals surface area contributed by atoms with Crippen LogP contribution in [0.3, 0.4) is 0 Å². The van der Waals surface area contributed by atoms with E-state index in [4.69, 9.17) is 9.47 Å². The van der Waals surface area contributed by atoms with Crippen molar-refractivity contribution in [1.29, 1.82) is 0 Å². The number of rotatable bonds is 5. The van der Waals surface area contributed by atoms with Gasteiger partial charge in [0.2, 0.25) is 0 Å². The molecule has 5 heteroatoms. The van der Waals surface area contributed by atoms with Crippen LogP contribution in [0.15, 0.2) is 36.4 Å². The maximum Gasteiger partial charge on any atom is 0.341 e. The van der Waals surface area contributed by atoms with Crippen molar-refractivity contribution in [2.45, 2.75) is 44.2 Å². The summed E-state index contributed by atoms with van der Waals surface area (Å²) in [5.41, 5.74) is 1.49. The van der Waals surface area contributed by atoms with Crippen LogP contribution in [0, 0.1) is 0 Å². The van der Waals surface area contributed by atoms with E-state index in [0.717, 1.165) is 47.7 Å². The second kappa shape index (κ2) is 6.81. The van der Waals surface area contributed by atoms with Gasteiger partial charge in [-0.05, 0) is 44.2 Å². The van der Waals surface area contributed by atoms with E-state index < -0.39 is 0 Å². The molecule has 4 nitrogen and oxygen atoms in total. The lowest BCUT2D eigenvalue weighted by Crippen LogP contribution is -2.30. The lowest BCUT2D eigenvalue weighted by Gasteiger charge is -2.24. The van der Waals surface area contributed by atoms with Crippen LogP contribution in [0.1, 0.15) is 43.0 Å². The molecule has 0 amide bonds. The molecule has 25 heavy (non-hydrogen) atoms. The maximum absolute atomic E-state index is 12.7. The summed E-state index contributed by atoms with van der Waals surface area (Å²) in [7, 11) is 0. The first-order valence-corrected chi connectivity index (χ1v) is 9.71. The molecule has 132 valence electrons. The van der Waals surface area contributed by atoms with Crippen LogP contribution in [0.4, 0.5) is 5.00 Å². The van der Waals surface area contributed by atoms with Gasteiger partial charge in [-0.25, -0.2) is 4.79 Å². The average molecular weight is 357 g/mol. The van der Waals surface area contributed by atoms with Crippen LogP contribution in [0.25, 0.3) is 10.4 Å². The summed E-state index contributed by atoms with van der Waals surface area (Å²) < 4.78 is 11.3. The van der Waals surface area contributed by atoms with Crippen LogP contribution in [0.5, 0.6) is 0 Å². The van der Waals surface area contributed by atoms with E-state index in [1.165, 1.54) is 0 Å². The number of benzene rings is 1. The van der Waals surface area contributed by atoms with Gasteiger partial charge in [-0.1, -0.05) is 30.3 Å². The summed E-state index contributed by atoms with van der Waals surface area (Å²) in [5.74, 6) is -0.224. The Morgan fingerprint density at radius 2 is 2.12 bits per heavy atom. The summed E-state index contributed by atoms with van der Waals surface area (Å²) in [6, 6.07) is 12.4.